The second-order valence-corrected chi connectivity index (χ2v) is 5.57. The first kappa shape index (κ1) is 21.2. The molecule has 0 saturated carbocycles. The van der Waals surface area contributed by atoms with Crippen molar-refractivity contribution >= 4 is 29.9 Å². The lowest BCUT2D eigenvalue weighted by molar-refractivity contribution is 0.179. The van der Waals surface area contributed by atoms with Gasteiger partial charge in [-0.3, -0.25) is 0 Å². The van der Waals surface area contributed by atoms with E-state index in [4.69, 9.17) is 9.73 Å². The van der Waals surface area contributed by atoms with Crippen LogP contribution in [0.4, 0.5) is 0 Å². The third kappa shape index (κ3) is 6.96. The van der Waals surface area contributed by atoms with Crippen LogP contribution >= 0.6 is 24.0 Å². The van der Waals surface area contributed by atoms with Crippen LogP contribution in [-0.4, -0.2) is 32.3 Å². The Morgan fingerprint density at radius 3 is 2.32 bits per heavy atom. The van der Waals surface area contributed by atoms with Crippen LogP contribution < -0.4 is 10.6 Å². The lowest BCUT2D eigenvalue weighted by Crippen LogP contribution is -2.43. The van der Waals surface area contributed by atoms with E-state index in [-0.39, 0.29) is 30.0 Å². The van der Waals surface area contributed by atoms with Gasteiger partial charge in [0.1, 0.15) is 0 Å². The maximum Gasteiger partial charge on any atom is 0.191 e. The van der Waals surface area contributed by atoms with Crippen LogP contribution in [-0.2, 0) is 11.3 Å². The molecular formula is C17H30IN3O. The van der Waals surface area contributed by atoms with Crippen molar-refractivity contribution in [2.75, 3.05) is 20.3 Å². The maximum absolute atomic E-state index is 5.15. The van der Waals surface area contributed by atoms with Crippen molar-refractivity contribution in [3.8, 4) is 0 Å². The first-order valence-corrected chi connectivity index (χ1v) is 7.58. The molecule has 0 aliphatic rings. The van der Waals surface area contributed by atoms with Crippen LogP contribution in [0.25, 0.3) is 0 Å². The fourth-order valence-corrected chi connectivity index (χ4v) is 2.46. The van der Waals surface area contributed by atoms with Crippen molar-refractivity contribution in [3.63, 3.8) is 0 Å². The predicted molar refractivity (Wildman–Crippen MR) is 105 cm³/mol. The quantitative estimate of drug-likeness (QED) is 0.423. The summed E-state index contributed by atoms with van der Waals surface area (Å²) in [6.45, 7) is 12.8. The average Bonchev–Trinajstić information content (AvgIpc) is 2.37. The molecule has 1 aromatic rings. The molecule has 0 radical (unpaired) electrons. The van der Waals surface area contributed by atoms with Gasteiger partial charge in [-0.25, -0.2) is 4.99 Å². The summed E-state index contributed by atoms with van der Waals surface area (Å²) in [7, 11) is 1.71. The van der Waals surface area contributed by atoms with Gasteiger partial charge in [-0.05, 0) is 51.3 Å². The van der Waals surface area contributed by atoms with Crippen molar-refractivity contribution in [2.24, 2.45) is 4.99 Å². The fourth-order valence-electron chi connectivity index (χ4n) is 2.46. The zero-order valence-electron chi connectivity index (χ0n) is 14.6. The van der Waals surface area contributed by atoms with Gasteiger partial charge in [0.2, 0.25) is 0 Å². The Bertz CT molecular complexity index is 466. The van der Waals surface area contributed by atoms with Crippen molar-refractivity contribution in [2.45, 2.75) is 47.2 Å². The van der Waals surface area contributed by atoms with E-state index < -0.39 is 0 Å². The highest BCUT2D eigenvalue weighted by molar-refractivity contribution is 14.0. The van der Waals surface area contributed by atoms with Gasteiger partial charge in [0.25, 0.3) is 0 Å². The zero-order chi connectivity index (χ0) is 15.8. The third-order valence-corrected chi connectivity index (χ3v) is 3.38. The number of nitrogens with zero attached hydrogens (tertiary/aromatic N) is 1. The molecule has 1 unspecified atom stereocenters. The molecule has 0 heterocycles. The summed E-state index contributed by atoms with van der Waals surface area (Å²) in [6.07, 6.45) is 0. The summed E-state index contributed by atoms with van der Waals surface area (Å²) in [5.74, 6) is 0.835. The lowest BCUT2D eigenvalue weighted by Gasteiger charge is -2.17. The number of methoxy groups -OCH3 is 1. The third-order valence-electron chi connectivity index (χ3n) is 3.38. The SMILES string of the molecule is CCNC(=NCc1c(C)cc(C)cc1C)NC(C)COC.I. The molecule has 0 fully saturated rings. The standard InChI is InChI=1S/C17H29N3O.HI/c1-7-18-17(20-15(5)11-21-6)19-10-16-13(3)8-12(2)9-14(16)4;/h8-9,15H,7,10-11H2,1-6H3,(H2,18,19,20);1H. The van der Waals surface area contributed by atoms with E-state index in [1.54, 1.807) is 7.11 Å². The fraction of sp³-hybridized carbons (Fsp3) is 0.588. The number of nitrogens with one attached hydrogen (secondary N) is 2. The van der Waals surface area contributed by atoms with Crippen LogP contribution in [0.2, 0.25) is 0 Å². The Morgan fingerprint density at radius 2 is 1.82 bits per heavy atom. The van der Waals surface area contributed by atoms with E-state index in [2.05, 4.69) is 57.4 Å². The van der Waals surface area contributed by atoms with Gasteiger partial charge in [0, 0.05) is 19.7 Å². The van der Waals surface area contributed by atoms with Crippen molar-refractivity contribution in [3.05, 3.63) is 34.4 Å². The van der Waals surface area contributed by atoms with Crippen LogP contribution in [0, 0.1) is 20.8 Å². The number of benzene rings is 1. The van der Waals surface area contributed by atoms with Gasteiger partial charge in [0.15, 0.2) is 5.96 Å². The zero-order valence-corrected chi connectivity index (χ0v) is 16.9. The minimum Gasteiger partial charge on any atom is -0.383 e. The molecule has 1 rings (SSSR count). The summed E-state index contributed by atoms with van der Waals surface area (Å²) >= 11 is 0. The molecule has 126 valence electrons. The molecule has 4 nitrogen and oxygen atoms in total. The molecule has 1 aromatic carbocycles. The number of hydrogen-bond acceptors (Lipinski definition) is 2. The number of aryl methyl sites for hydroxylation is 3. The highest BCUT2D eigenvalue weighted by atomic mass is 127. The molecule has 0 aliphatic carbocycles. The summed E-state index contributed by atoms with van der Waals surface area (Å²) in [4.78, 5) is 4.70. The summed E-state index contributed by atoms with van der Waals surface area (Å²) in [5.41, 5.74) is 5.21. The molecule has 0 saturated heterocycles. The molecule has 0 aromatic heterocycles. The lowest BCUT2D eigenvalue weighted by atomic mass is 10.00. The Labute approximate surface area is 152 Å². The van der Waals surface area contributed by atoms with Gasteiger partial charge >= 0.3 is 0 Å². The van der Waals surface area contributed by atoms with Gasteiger partial charge in [-0.15, -0.1) is 24.0 Å². The Hall–Kier alpha value is -0.820. The first-order chi connectivity index (χ1) is 9.97. The Kier molecular flexibility index (Phi) is 10.4. The number of rotatable bonds is 6. The molecule has 0 aliphatic heterocycles. The van der Waals surface area contributed by atoms with E-state index in [0.29, 0.717) is 13.2 Å². The predicted octanol–water partition coefficient (Wildman–Crippen LogP) is 3.32. The second kappa shape index (κ2) is 10.8. The van der Waals surface area contributed by atoms with E-state index in [1.807, 2.05) is 0 Å². The van der Waals surface area contributed by atoms with E-state index in [0.717, 1.165) is 12.5 Å². The van der Waals surface area contributed by atoms with E-state index in [9.17, 15) is 0 Å². The number of guanidine groups is 1. The largest absolute Gasteiger partial charge is 0.383 e. The second-order valence-electron chi connectivity index (χ2n) is 5.57. The molecule has 1 atom stereocenters. The minimum absolute atomic E-state index is 0. The van der Waals surface area contributed by atoms with Crippen LogP contribution in [0.5, 0.6) is 0 Å². The molecule has 2 N–H and O–H groups in total. The normalized spacial score (nSPS) is 12.5. The van der Waals surface area contributed by atoms with Gasteiger partial charge in [-0.2, -0.15) is 0 Å². The van der Waals surface area contributed by atoms with Crippen molar-refractivity contribution in [1.82, 2.24) is 10.6 Å². The minimum atomic E-state index is 0. The highest BCUT2D eigenvalue weighted by Crippen LogP contribution is 2.17. The molecule has 0 amide bonds. The van der Waals surface area contributed by atoms with Crippen molar-refractivity contribution < 1.29 is 4.74 Å². The maximum atomic E-state index is 5.15. The van der Waals surface area contributed by atoms with E-state index >= 15 is 0 Å². The van der Waals surface area contributed by atoms with Gasteiger partial charge in [0.05, 0.1) is 13.2 Å². The monoisotopic (exact) mass is 419 g/mol. The number of halogens is 1. The average molecular weight is 419 g/mol. The number of hydrogen-bond donors (Lipinski definition) is 2. The molecule has 0 bridgehead atoms. The highest BCUT2D eigenvalue weighted by Gasteiger charge is 2.06. The molecular weight excluding hydrogens is 389 g/mol. The smallest absolute Gasteiger partial charge is 0.191 e. The molecule has 0 spiro atoms. The Morgan fingerprint density at radius 1 is 1.23 bits per heavy atom. The summed E-state index contributed by atoms with van der Waals surface area (Å²) < 4.78 is 5.15. The Balaban J connectivity index is 0.00000441. The van der Waals surface area contributed by atoms with Crippen LogP contribution in [0.1, 0.15) is 36.1 Å². The number of ether oxygens (including phenoxy) is 1. The van der Waals surface area contributed by atoms with Gasteiger partial charge in [-0.1, -0.05) is 17.7 Å². The van der Waals surface area contributed by atoms with Crippen LogP contribution in [0.15, 0.2) is 17.1 Å². The topological polar surface area (TPSA) is 45.7 Å². The summed E-state index contributed by atoms with van der Waals surface area (Å²) in [5, 5.41) is 6.63. The molecule has 5 heteroatoms. The van der Waals surface area contributed by atoms with Crippen LogP contribution in [0.3, 0.4) is 0 Å². The number of aliphatic imine (C=N–C) groups is 1. The first-order valence-electron chi connectivity index (χ1n) is 7.58. The van der Waals surface area contributed by atoms with Crippen molar-refractivity contribution in [1.29, 1.82) is 0 Å². The summed E-state index contributed by atoms with van der Waals surface area (Å²) in [6, 6.07) is 4.66. The van der Waals surface area contributed by atoms with Gasteiger partial charge < -0.3 is 15.4 Å². The van der Waals surface area contributed by atoms with E-state index in [1.165, 1.54) is 22.3 Å². The molecule has 22 heavy (non-hydrogen) atoms.